The molecule has 16 heavy (non-hydrogen) atoms. The van der Waals surface area contributed by atoms with Crippen molar-refractivity contribution >= 4 is 11.9 Å². The Hall–Kier alpha value is -1.32. The fourth-order valence-corrected chi connectivity index (χ4v) is 2.49. The highest BCUT2D eigenvalue weighted by atomic mass is 16.4. The molecule has 2 N–H and O–H groups in total. The van der Waals surface area contributed by atoms with Crippen molar-refractivity contribution in [1.82, 2.24) is 0 Å². The number of aliphatic carboxylic acids is 2. The van der Waals surface area contributed by atoms with Gasteiger partial charge in [-0.1, -0.05) is 26.7 Å². The van der Waals surface area contributed by atoms with Crippen LogP contribution in [-0.2, 0) is 9.59 Å². The van der Waals surface area contributed by atoms with E-state index in [4.69, 9.17) is 10.2 Å². The molecule has 0 bridgehead atoms. The zero-order chi connectivity index (χ0) is 12.3. The summed E-state index contributed by atoms with van der Waals surface area (Å²) < 4.78 is 0. The molecular formula is C12H18O4. The minimum atomic E-state index is -1.08. The Kier molecular flexibility index (Phi) is 4.10. The van der Waals surface area contributed by atoms with E-state index >= 15 is 0 Å². The minimum Gasteiger partial charge on any atom is -0.478 e. The van der Waals surface area contributed by atoms with Crippen molar-refractivity contribution in [2.75, 3.05) is 0 Å². The normalized spacial score (nSPS) is 25.6. The van der Waals surface area contributed by atoms with E-state index < -0.39 is 11.9 Å². The van der Waals surface area contributed by atoms with E-state index in [9.17, 15) is 9.59 Å². The van der Waals surface area contributed by atoms with Crippen molar-refractivity contribution < 1.29 is 19.8 Å². The van der Waals surface area contributed by atoms with Crippen molar-refractivity contribution in [3.8, 4) is 0 Å². The summed E-state index contributed by atoms with van der Waals surface area (Å²) in [7, 11) is 0. The summed E-state index contributed by atoms with van der Waals surface area (Å²) in [6, 6.07) is 0. The van der Waals surface area contributed by atoms with E-state index in [2.05, 4.69) is 0 Å². The van der Waals surface area contributed by atoms with Crippen LogP contribution in [0.15, 0.2) is 11.1 Å². The van der Waals surface area contributed by atoms with Gasteiger partial charge in [-0.2, -0.15) is 0 Å². The molecule has 1 rings (SSSR count). The predicted molar refractivity (Wildman–Crippen MR) is 59.1 cm³/mol. The molecule has 0 heterocycles. The Bertz CT molecular complexity index is 298. The Balaban J connectivity index is 3.06. The molecule has 0 aromatic carbocycles. The van der Waals surface area contributed by atoms with Gasteiger partial charge in [0.15, 0.2) is 0 Å². The first kappa shape index (κ1) is 12.7. The van der Waals surface area contributed by atoms with Gasteiger partial charge in [-0.25, -0.2) is 9.59 Å². The highest BCUT2D eigenvalue weighted by Crippen LogP contribution is 2.38. The third-order valence-electron chi connectivity index (χ3n) is 3.53. The summed E-state index contributed by atoms with van der Waals surface area (Å²) in [5.74, 6) is -1.55. The fraction of sp³-hybridized carbons (Fsp3) is 0.667. The minimum absolute atomic E-state index is 0.101. The number of carboxylic acid groups (broad SMARTS) is 2. The van der Waals surface area contributed by atoms with E-state index in [1.807, 2.05) is 13.8 Å². The lowest BCUT2D eigenvalue weighted by molar-refractivity contribution is -0.136. The third-order valence-corrected chi connectivity index (χ3v) is 3.53. The molecule has 4 nitrogen and oxygen atoms in total. The van der Waals surface area contributed by atoms with E-state index in [0.29, 0.717) is 24.7 Å². The molecule has 4 heteroatoms. The smallest absolute Gasteiger partial charge is 0.332 e. The average molecular weight is 226 g/mol. The molecule has 2 atom stereocenters. The number of carbonyl (C=O) groups is 2. The summed E-state index contributed by atoms with van der Waals surface area (Å²) in [6.07, 6.45) is 2.60. The first-order chi connectivity index (χ1) is 7.51. The molecule has 0 saturated carbocycles. The van der Waals surface area contributed by atoms with Gasteiger partial charge in [0, 0.05) is 11.1 Å². The van der Waals surface area contributed by atoms with Gasteiger partial charge in [-0.15, -0.1) is 0 Å². The lowest BCUT2D eigenvalue weighted by Crippen LogP contribution is -2.26. The average Bonchev–Trinajstić information content (AvgIpc) is 2.26. The highest BCUT2D eigenvalue weighted by molar-refractivity contribution is 5.99. The Labute approximate surface area is 95.0 Å². The van der Waals surface area contributed by atoms with Crippen LogP contribution >= 0.6 is 0 Å². The maximum atomic E-state index is 11.0. The van der Waals surface area contributed by atoms with Gasteiger partial charge in [0.2, 0.25) is 0 Å². The van der Waals surface area contributed by atoms with Crippen LogP contribution < -0.4 is 0 Å². The summed E-state index contributed by atoms with van der Waals surface area (Å²) in [6.45, 7) is 4.05. The summed E-state index contributed by atoms with van der Waals surface area (Å²) in [5, 5.41) is 18.0. The van der Waals surface area contributed by atoms with Crippen LogP contribution in [0.25, 0.3) is 0 Å². The Morgan fingerprint density at radius 2 is 1.31 bits per heavy atom. The van der Waals surface area contributed by atoms with Crippen molar-refractivity contribution in [2.45, 2.75) is 39.5 Å². The van der Waals surface area contributed by atoms with Crippen molar-refractivity contribution in [2.24, 2.45) is 11.8 Å². The topological polar surface area (TPSA) is 74.6 Å². The van der Waals surface area contributed by atoms with Gasteiger partial charge in [-0.05, 0) is 24.7 Å². The standard InChI is InChI=1S/C12H18O4/c1-3-7-5-9(11(13)14)10(12(15)16)6-8(7)4-2/h7-8H,3-6H2,1-2H3,(H,13,14)(H,15,16). The van der Waals surface area contributed by atoms with Gasteiger partial charge in [0.1, 0.15) is 0 Å². The lowest BCUT2D eigenvalue weighted by Gasteiger charge is -2.31. The van der Waals surface area contributed by atoms with E-state index in [0.717, 1.165) is 12.8 Å². The monoisotopic (exact) mass is 226 g/mol. The molecule has 2 unspecified atom stereocenters. The molecular weight excluding hydrogens is 208 g/mol. The number of hydrogen-bond donors (Lipinski definition) is 2. The molecule has 0 aromatic rings. The second-order valence-corrected chi connectivity index (χ2v) is 4.31. The largest absolute Gasteiger partial charge is 0.478 e. The zero-order valence-electron chi connectivity index (χ0n) is 9.69. The molecule has 0 saturated heterocycles. The van der Waals surface area contributed by atoms with Crippen molar-refractivity contribution in [3.05, 3.63) is 11.1 Å². The predicted octanol–water partition coefficient (Wildman–Crippen LogP) is 2.30. The lowest BCUT2D eigenvalue weighted by atomic mass is 9.73. The van der Waals surface area contributed by atoms with Crippen LogP contribution in [0.2, 0.25) is 0 Å². The van der Waals surface area contributed by atoms with Crippen LogP contribution in [0.5, 0.6) is 0 Å². The van der Waals surface area contributed by atoms with Crippen molar-refractivity contribution in [1.29, 1.82) is 0 Å². The van der Waals surface area contributed by atoms with Crippen LogP contribution in [0, 0.1) is 11.8 Å². The molecule has 0 spiro atoms. The summed E-state index contributed by atoms with van der Waals surface area (Å²) in [5.41, 5.74) is 0.202. The molecule has 0 aliphatic heterocycles. The first-order valence-electron chi connectivity index (χ1n) is 5.69. The van der Waals surface area contributed by atoms with Gasteiger partial charge in [0.05, 0.1) is 0 Å². The molecule has 0 fully saturated rings. The number of carboxylic acids is 2. The molecule has 0 aromatic heterocycles. The van der Waals surface area contributed by atoms with E-state index in [1.165, 1.54) is 0 Å². The third kappa shape index (κ3) is 2.43. The van der Waals surface area contributed by atoms with Gasteiger partial charge in [-0.3, -0.25) is 0 Å². The number of hydrogen-bond acceptors (Lipinski definition) is 2. The summed E-state index contributed by atoms with van der Waals surface area (Å²) in [4.78, 5) is 22.0. The van der Waals surface area contributed by atoms with Crippen LogP contribution in [0.3, 0.4) is 0 Å². The van der Waals surface area contributed by atoms with Gasteiger partial charge < -0.3 is 10.2 Å². The molecule has 0 amide bonds. The maximum Gasteiger partial charge on any atom is 0.332 e. The van der Waals surface area contributed by atoms with E-state index in [1.54, 1.807) is 0 Å². The second kappa shape index (κ2) is 5.14. The quantitative estimate of drug-likeness (QED) is 0.771. The molecule has 1 aliphatic rings. The number of rotatable bonds is 4. The van der Waals surface area contributed by atoms with Gasteiger partial charge >= 0.3 is 11.9 Å². The Morgan fingerprint density at radius 1 is 1.00 bits per heavy atom. The summed E-state index contributed by atoms with van der Waals surface area (Å²) >= 11 is 0. The van der Waals surface area contributed by atoms with Gasteiger partial charge in [0.25, 0.3) is 0 Å². The SMILES string of the molecule is CCC1CC(C(=O)O)=C(C(=O)O)CC1CC. The van der Waals surface area contributed by atoms with Crippen LogP contribution in [0.1, 0.15) is 39.5 Å². The van der Waals surface area contributed by atoms with Crippen LogP contribution in [0.4, 0.5) is 0 Å². The fourth-order valence-electron chi connectivity index (χ4n) is 2.49. The molecule has 1 aliphatic carbocycles. The molecule has 90 valence electrons. The molecule has 0 radical (unpaired) electrons. The Morgan fingerprint density at radius 3 is 1.50 bits per heavy atom. The maximum absolute atomic E-state index is 11.0. The zero-order valence-corrected chi connectivity index (χ0v) is 9.69. The van der Waals surface area contributed by atoms with E-state index in [-0.39, 0.29) is 11.1 Å². The van der Waals surface area contributed by atoms with Crippen LogP contribution in [-0.4, -0.2) is 22.2 Å². The van der Waals surface area contributed by atoms with Crippen molar-refractivity contribution in [3.63, 3.8) is 0 Å². The second-order valence-electron chi connectivity index (χ2n) is 4.31. The highest BCUT2D eigenvalue weighted by Gasteiger charge is 2.33. The first-order valence-corrected chi connectivity index (χ1v) is 5.69.